The Balaban J connectivity index is 2.46. The van der Waals surface area contributed by atoms with Crippen molar-refractivity contribution in [3.8, 4) is 0 Å². The largest absolute Gasteiger partial charge is 0.126 e. The Morgan fingerprint density at radius 1 is 1.20 bits per heavy atom. The first kappa shape index (κ1) is 8.16. The van der Waals surface area contributed by atoms with Crippen molar-refractivity contribution >= 4 is 23.2 Å². The summed E-state index contributed by atoms with van der Waals surface area (Å²) in [5.74, 6) is 2.49. The second-order valence-electron chi connectivity index (χ2n) is 2.24. The van der Waals surface area contributed by atoms with Crippen LogP contribution in [0.5, 0.6) is 0 Å². The lowest BCUT2D eigenvalue weighted by Crippen LogP contribution is -1.98. The lowest BCUT2D eigenvalue weighted by molar-refractivity contribution is 1.04. The Morgan fingerprint density at radius 2 is 2.00 bits per heavy atom. The minimum atomic E-state index is 0.603. The van der Waals surface area contributed by atoms with E-state index >= 15 is 0 Å². The molecular weight excluding hydrogens is 167 g/mol. The van der Waals surface area contributed by atoms with Gasteiger partial charge in [0.1, 0.15) is 0 Å². The van der Waals surface area contributed by atoms with Gasteiger partial charge in [-0.25, -0.2) is 0 Å². The van der Waals surface area contributed by atoms with E-state index in [0.717, 1.165) is 6.42 Å². The van der Waals surface area contributed by atoms with Gasteiger partial charge in [-0.3, -0.25) is 0 Å². The molecule has 1 radical (unpaired) electrons. The highest BCUT2D eigenvalue weighted by Crippen LogP contribution is 2.19. The quantitative estimate of drug-likeness (QED) is 0.567. The van der Waals surface area contributed by atoms with Gasteiger partial charge in [-0.1, -0.05) is 18.2 Å². The molecule has 0 unspecified atom stereocenters. The SMILES string of the molecule is ClC[C]1C=CC(CCl)=CC1. The normalized spacial score (nSPS) is 19.2. The van der Waals surface area contributed by atoms with Crippen LogP contribution in [0.4, 0.5) is 0 Å². The Hall–Kier alpha value is 0.0600. The summed E-state index contributed by atoms with van der Waals surface area (Å²) in [6, 6.07) is 0. The van der Waals surface area contributed by atoms with Gasteiger partial charge in [-0.2, -0.15) is 0 Å². The van der Waals surface area contributed by atoms with Crippen LogP contribution in [0.1, 0.15) is 6.42 Å². The zero-order valence-corrected chi connectivity index (χ0v) is 7.12. The van der Waals surface area contributed by atoms with E-state index in [0.29, 0.717) is 11.8 Å². The first-order chi connectivity index (χ1) is 4.86. The van der Waals surface area contributed by atoms with Crippen molar-refractivity contribution in [3.63, 3.8) is 0 Å². The zero-order valence-electron chi connectivity index (χ0n) is 5.61. The molecule has 55 valence electrons. The predicted molar refractivity (Wildman–Crippen MR) is 46.5 cm³/mol. The molecule has 0 saturated heterocycles. The van der Waals surface area contributed by atoms with Crippen molar-refractivity contribution in [2.45, 2.75) is 6.42 Å². The lowest BCUT2D eigenvalue weighted by Gasteiger charge is -2.10. The van der Waals surface area contributed by atoms with Gasteiger partial charge in [-0.15, -0.1) is 23.2 Å². The molecule has 0 aromatic rings. The first-order valence-electron chi connectivity index (χ1n) is 3.20. The fraction of sp³-hybridized carbons (Fsp3) is 0.375. The molecule has 0 heterocycles. The molecule has 0 atom stereocenters. The molecule has 0 aromatic heterocycles. The topological polar surface area (TPSA) is 0 Å². The maximum absolute atomic E-state index is 5.62. The maximum atomic E-state index is 5.62. The Labute approximate surface area is 71.5 Å². The van der Waals surface area contributed by atoms with Gasteiger partial charge in [-0.05, 0) is 12.0 Å². The first-order valence-corrected chi connectivity index (χ1v) is 4.27. The van der Waals surface area contributed by atoms with Crippen molar-refractivity contribution in [2.75, 3.05) is 11.8 Å². The predicted octanol–water partition coefficient (Wildman–Crippen LogP) is 2.92. The van der Waals surface area contributed by atoms with Crippen LogP contribution in [0, 0.1) is 5.92 Å². The van der Waals surface area contributed by atoms with Crippen molar-refractivity contribution in [3.05, 3.63) is 29.7 Å². The van der Waals surface area contributed by atoms with Crippen LogP contribution in [0.3, 0.4) is 0 Å². The molecule has 0 bridgehead atoms. The summed E-state index contributed by atoms with van der Waals surface area (Å²) in [5.41, 5.74) is 1.19. The van der Waals surface area contributed by atoms with Crippen LogP contribution in [0.25, 0.3) is 0 Å². The molecule has 2 heteroatoms. The van der Waals surface area contributed by atoms with Gasteiger partial charge < -0.3 is 0 Å². The van der Waals surface area contributed by atoms with E-state index in [1.54, 1.807) is 0 Å². The fourth-order valence-electron chi connectivity index (χ4n) is 0.821. The van der Waals surface area contributed by atoms with Gasteiger partial charge in [0.2, 0.25) is 0 Å². The number of halogens is 2. The molecule has 0 saturated carbocycles. The minimum absolute atomic E-state index is 0.603. The Kier molecular flexibility index (Phi) is 3.30. The summed E-state index contributed by atoms with van der Waals surface area (Å²) in [6.07, 6.45) is 7.14. The third kappa shape index (κ3) is 2.03. The van der Waals surface area contributed by atoms with Crippen LogP contribution in [0.15, 0.2) is 23.8 Å². The summed E-state index contributed by atoms with van der Waals surface area (Å²) < 4.78 is 0. The van der Waals surface area contributed by atoms with E-state index < -0.39 is 0 Å². The summed E-state index contributed by atoms with van der Waals surface area (Å²) in [4.78, 5) is 0. The highest BCUT2D eigenvalue weighted by Gasteiger charge is 2.06. The molecular formula is C8H9Cl2. The lowest BCUT2D eigenvalue weighted by atomic mass is 9.99. The summed E-state index contributed by atoms with van der Waals surface area (Å²) in [6.45, 7) is 0. The molecule has 0 amide bonds. The van der Waals surface area contributed by atoms with Gasteiger partial charge in [0.15, 0.2) is 0 Å². The van der Waals surface area contributed by atoms with E-state index in [9.17, 15) is 0 Å². The molecule has 0 N–H and O–H groups in total. The average Bonchev–Trinajstić information content (AvgIpc) is 2.05. The highest BCUT2D eigenvalue weighted by atomic mass is 35.5. The third-order valence-corrected chi connectivity index (χ3v) is 2.14. The second kappa shape index (κ2) is 4.05. The van der Waals surface area contributed by atoms with Crippen molar-refractivity contribution < 1.29 is 0 Å². The van der Waals surface area contributed by atoms with Crippen LogP contribution < -0.4 is 0 Å². The van der Waals surface area contributed by atoms with Crippen molar-refractivity contribution in [2.24, 2.45) is 0 Å². The Morgan fingerprint density at radius 3 is 2.40 bits per heavy atom. The van der Waals surface area contributed by atoms with E-state index in [4.69, 9.17) is 23.2 Å². The number of hydrogen-bond donors (Lipinski definition) is 0. The van der Waals surface area contributed by atoms with Gasteiger partial charge >= 0.3 is 0 Å². The van der Waals surface area contributed by atoms with Crippen LogP contribution >= 0.6 is 23.2 Å². The Bertz CT molecular complexity index is 159. The second-order valence-corrected chi connectivity index (χ2v) is 2.78. The number of alkyl halides is 2. The van der Waals surface area contributed by atoms with Gasteiger partial charge in [0, 0.05) is 17.7 Å². The summed E-state index contributed by atoms with van der Waals surface area (Å²) in [7, 11) is 0. The van der Waals surface area contributed by atoms with Crippen LogP contribution in [-0.4, -0.2) is 11.8 Å². The van der Waals surface area contributed by atoms with Gasteiger partial charge in [0.25, 0.3) is 0 Å². The minimum Gasteiger partial charge on any atom is -0.126 e. The standard InChI is InChI=1S/C8H9Cl2/c9-5-7-1-2-8(6-10)4-3-7/h1-3H,4-6H2. The molecule has 0 fully saturated rings. The molecule has 1 aliphatic carbocycles. The van der Waals surface area contributed by atoms with E-state index in [-0.39, 0.29) is 0 Å². The highest BCUT2D eigenvalue weighted by molar-refractivity contribution is 6.20. The molecule has 0 spiro atoms. The third-order valence-electron chi connectivity index (χ3n) is 1.49. The molecule has 0 aliphatic heterocycles. The van der Waals surface area contributed by atoms with Crippen LogP contribution in [0.2, 0.25) is 0 Å². The van der Waals surface area contributed by atoms with Crippen LogP contribution in [-0.2, 0) is 0 Å². The van der Waals surface area contributed by atoms with Crippen molar-refractivity contribution in [1.29, 1.82) is 0 Å². The van der Waals surface area contributed by atoms with E-state index in [1.165, 1.54) is 11.5 Å². The molecule has 0 nitrogen and oxygen atoms in total. The molecule has 0 aromatic carbocycles. The summed E-state index contributed by atoms with van der Waals surface area (Å²) >= 11 is 11.2. The smallest absolute Gasteiger partial charge is 0.0470 e. The van der Waals surface area contributed by atoms with E-state index in [1.807, 2.05) is 12.2 Å². The molecule has 10 heavy (non-hydrogen) atoms. The molecule has 1 rings (SSSR count). The summed E-state index contributed by atoms with van der Waals surface area (Å²) in [5, 5.41) is 0. The molecule has 1 aliphatic rings. The maximum Gasteiger partial charge on any atom is 0.0470 e. The van der Waals surface area contributed by atoms with E-state index in [2.05, 4.69) is 6.08 Å². The number of allylic oxidation sites excluding steroid dienone is 4. The van der Waals surface area contributed by atoms with Crippen molar-refractivity contribution in [1.82, 2.24) is 0 Å². The monoisotopic (exact) mass is 175 g/mol. The van der Waals surface area contributed by atoms with Gasteiger partial charge in [0.05, 0.1) is 0 Å². The number of rotatable bonds is 2. The number of hydrogen-bond acceptors (Lipinski definition) is 0. The fourth-order valence-corrected chi connectivity index (χ4v) is 1.22. The zero-order chi connectivity index (χ0) is 7.40. The average molecular weight is 176 g/mol.